The zero-order valence-electron chi connectivity index (χ0n) is 10.2. The Morgan fingerprint density at radius 3 is 2.69 bits per heavy atom. The van der Waals surface area contributed by atoms with E-state index >= 15 is 0 Å². The van der Waals surface area contributed by atoms with E-state index in [1.54, 1.807) is 0 Å². The Morgan fingerprint density at radius 2 is 2.12 bits per heavy atom. The third-order valence-corrected chi connectivity index (χ3v) is 2.82. The van der Waals surface area contributed by atoms with Gasteiger partial charge in [-0.1, -0.05) is 27.7 Å². The van der Waals surface area contributed by atoms with Gasteiger partial charge in [0.05, 0.1) is 6.20 Å². The van der Waals surface area contributed by atoms with Gasteiger partial charge in [0.2, 0.25) is 5.95 Å². The zero-order chi connectivity index (χ0) is 12.3. The molecule has 0 aliphatic carbocycles. The third-order valence-electron chi connectivity index (χ3n) is 2.82. The van der Waals surface area contributed by atoms with Gasteiger partial charge >= 0.3 is 0 Å². The number of nitrogens with one attached hydrogen (secondary N) is 1. The number of nitrogens with zero attached hydrogens (tertiary/aromatic N) is 2. The average Bonchev–Trinajstić information content (AvgIpc) is 2.17. The SMILES string of the molecule is CC(CNc1nc(N)ncc1F)C(C)(C)C. The Kier molecular flexibility index (Phi) is 3.67. The summed E-state index contributed by atoms with van der Waals surface area (Å²) in [6.07, 6.45) is 1.08. The zero-order valence-corrected chi connectivity index (χ0v) is 10.2. The minimum absolute atomic E-state index is 0.0762. The van der Waals surface area contributed by atoms with Gasteiger partial charge in [-0.05, 0) is 11.3 Å². The first-order valence-electron chi connectivity index (χ1n) is 5.32. The summed E-state index contributed by atoms with van der Waals surface area (Å²) in [5, 5.41) is 2.95. The molecule has 4 nitrogen and oxygen atoms in total. The maximum atomic E-state index is 13.3. The lowest BCUT2D eigenvalue weighted by Gasteiger charge is -2.27. The van der Waals surface area contributed by atoms with Gasteiger partial charge < -0.3 is 11.1 Å². The summed E-state index contributed by atoms with van der Waals surface area (Å²) < 4.78 is 13.3. The van der Waals surface area contributed by atoms with Gasteiger partial charge in [0.25, 0.3) is 0 Å². The third kappa shape index (κ3) is 3.32. The number of hydrogen-bond donors (Lipinski definition) is 2. The summed E-state index contributed by atoms with van der Waals surface area (Å²) in [5.41, 5.74) is 5.56. The van der Waals surface area contributed by atoms with E-state index in [-0.39, 0.29) is 17.2 Å². The van der Waals surface area contributed by atoms with E-state index in [1.165, 1.54) is 0 Å². The molecule has 0 aromatic carbocycles. The van der Waals surface area contributed by atoms with E-state index in [0.717, 1.165) is 6.20 Å². The van der Waals surface area contributed by atoms with Crippen LogP contribution in [-0.4, -0.2) is 16.5 Å². The first kappa shape index (κ1) is 12.7. The standard InChI is InChI=1S/C11H19FN4/c1-7(11(2,3)4)5-14-9-8(12)6-15-10(13)16-9/h6-7H,5H2,1-4H3,(H3,13,14,15,16). The number of rotatable bonds is 3. The van der Waals surface area contributed by atoms with Crippen LogP contribution in [0.25, 0.3) is 0 Å². The van der Waals surface area contributed by atoms with Crippen molar-refractivity contribution in [3.05, 3.63) is 12.0 Å². The van der Waals surface area contributed by atoms with Crippen molar-refractivity contribution in [3.8, 4) is 0 Å². The molecule has 1 aromatic heterocycles. The van der Waals surface area contributed by atoms with Gasteiger partial charge in [-0.3, -0.25) is 0 Å². The lowest BCUT2D eigenvalue weighted by molar-refractivity contribution is 0.274. The molecule has 1 rings (SSSR count). The van der Waals surface area contributed by atoms with Crippen LogP contribution < -0.4 is 11.1 Å². The van der Waals surface area contributed by atoms with Crippen molar-refractivity contribution < 1.29 is 4.39 Å². The van der Waals surface area contributed by atoms with E-state index < -0.39 is 5.82 Å². The molecule has 0 saturated heterocycles. The number of halogens is 1. The monoisotopic (exact) mass is 226 g/mol. The van der Waals surface area contributed by atoms with Crippen LogP contribution in [0.15, 0.2) is 6.20 Å². The van der Waals surface area contributed by atoms with E-state index in [0.29, 0.717) is 12.5 Å². The molecule has 90 valence electrons. The van der Waals surface area contributed by atoms with Crippen molar-refractivity contribution in [1.29, 1.82) is 0 Å². The summed E-state index contributed by atoms with van der Waals surface area (Å²) in [7, 11) is 0. The van der Waals surface area contributed by atoms with Crippen molar-refractivity contribution >= 4 is 11.8 Å². The summed E-state index contributed by atoms with van der Waals surface area (Å²) in [5.74, 6) is 0.161. The van der Waals surface area contributed by atoms with Gasteiger partial charge in [0.1, 0.15) is 0 Å². The Balaban J connectivity index is 2.64. The van der Waals surface area contributed by atoms with Crippen molar-refractivity contribution in [3.63, 3.8) is 0 Å². The molecular weight excluding hydrogens is 207 g/mol. The molecule has 0 fully saturated rings. The van der Waals surface area contributed by atoms with Crippen LogP contribution in [0.4, 0.5) is 16.2 Å². The molecule has 1 heterocycles. The van der Waals surface area contributed by atoms with E-state index in [2.05, 4.69) is 43.0 Å². The highest BCUT2D eigenvalue weighted by Crippen LogP contribution is 2.25. The van der Waals surface area contributed by atoms with Gasteiger partial charge in [-0.15, -0.1) is 0 Å². The maximum Gasteiger partial charge on any atom is 0.222 e. The molecule has 1 atom stereocenters. The first-order chi connectivity index (χ1) is 7.30. The fourth-order valence-corrected chi connectivity index (χ4v) is 1.06. The van der Waals surface area contributed by atoms with Gasteiger partial charge in [0.15, 0.2) is 11.6 Å². The van der Waals surface area contributed by atoms with Crippen molar-refractivity contribution in [1.82, 2.24) is 9.97 Å². The van der Waals surface area contributed by atoms with E-state index in [9.17, 15) is 4.39 Å². The largest absolute Gasteiger partial charge is 0.368 e. The molecule has 0 aliphatic heterocycles. The quantitative estimate of drug-likeness (QED) is 0.830. The average molecular weight is 226 g/mol. The molecule has 16 heavy (non-hydrogen) atoms. The van der Waals surface area contributed by atoms with Crippen LogP contribution in [0.3, 0.4) is 0 Å². The fourth-order valence-electron chi connectivity index (χ4n) is 1.06. The Labute approximate surface area is 95.5 Å². The van der Waals surface area contributed by atoms with E-state index in [4.69, 9.17) is 5.73 Å². The molecule has 0 radical (unpaired) electrons. The molecular formula is C11H19FN4. The molecule has 0 spiro atoms. The fraction of sp³-hybridized carbons (Fsp3) is 0.636. The van der Waals surface area contributed by atoms with Crippen LogP contribution in [0.5, 0.6) is 0 Å². The predicted molar refractivity (Wildman–Crippen MR) is 63.5 cm³/mol. The highest BCUT2D eigenvalue weighted by Gasteiger charge is 2.20. The minimum atomic E-state index is -0.477. The number of nitrogen functional groups attached to an aromatic ring is 1. The normalized spacial score (nSPS) is 13.6. The predicted octanol–water partition coefficient (Wildman–Crippen LogP) is 2.29. The second-order valence-corrected chi connectivity index (χ2v) is 5.07. The van der Waals surface area contributed by atoms with Crippen LogP contribution >= 0.6 is 0 Å². The highest BCUT2D eigenvalue weighted by atomic mass is 19.1. The van der Waals surface area contributed by atoms with Gasteiger partial charge in [0, 0.05) is 6.54 Å². The Hall–Kier alpha value is -1.39. The van der Waals surface area contributed by atoms with Crippen molar-refractivity contribution in [2.45, 2.75) is 27.7 Å². The minimum Gasteiger partial charge on any atom is -0.368 e. The van der Waals surface area contributed by atoms with Crippen molar-refractivity contribution in [2.24, 2.45) is 11.3 Å². The van der Waals surface area contributed by atoms with Gasteiger partial charge in [-0.25, -0.2) is 9.37 Å². The lowest BCUT2D eigenvalue weighted by atomic mass is 9.82. The number of aromatic nitrogens is 2. The van der Waals surface area contributed by atoms with Crippen LogP contribution in [0, 0.1) is 17.2 Å². The topological polar surface area (TPSA) is 63.8 Å². The summed E-state index contributed by atoms with van der Waals surface area (Å²) in [6, 6.07) is 0. The smallest absolute Gasteiger partial charge is 0.222 e. The van der Waals surface area contributed by atoms with Crippen LogP contribution in [0.2, 0.25) is 0 Å². The number of hydrogen-bond acceptors (Lipinski definition) is 4. The summed E-state index contributed by atoms with van der Waals surface area (Å²) in [4.78, 5) is 7.37. The molecule has 5 heteroatoms. The van der Waals surface area contributed by atoms with Gasteiger partial charge in [-0.2, -0.15) is 4.98 Å². The number of nitrogens with two attached hydrogens (primary N) is 1. The van der Waals surface area contributed by atoms with E-state index in [1.807, 2.05) is 0 Å². The maximum absolute atomic E-state index is 13.3. The van der Waals surface area contributed by atoms with Crippen LogP contribution in [0.1, 0.15) is 27.7 Å². The highest BCUT2D eigenvalue weighted by molar-refractivity contribution is 5.39. The molecule has 0 bridgehead atoms. The Bertz CT molecular complexity index is 359. The molecule has 0 amide bonds. The second-order valence-electron chi connectivity index (χ2n) is 5.07. The lowest BCUT2D eigenvalue weighted by Crippen LogP contribution is -2.25. The first-order valence-corrected chi connectivity index (χ1v) is 5.32. The molecule has 3 N–H and O–H groups in total. The summed E-state index contributed by atoms with van der Waals surface area (Å²) in [6.45, 7) is 9.18. The molecule has 0 saturated carbocycles. The molecule has 0 aliphatic rings. The summed E-state index contributed by atoms with van der Waals surface area (Å²) >= 11 is 0. The van der Waals surface area contributed by atoms with Crippen molar-refractivity contribution in [2.75, 3.05) is 17.6 Å². The Morgan fingerprint density at radius 1 is 1.50 bits per heavy atom. The number of anilines is 2. The van der Waals surface area contributed by atoms with Crippen LogP contribution in [-0.2, 0) is 0 Å². The second kappa shape index (κ2) is 4.63. The molecule has 1 unspecified atom stereocenters. The molecule has 1 aromatic rings.